The third kappa shape index (κ3) is 4.28. The number of hydrogen-bond acceptors (Lipinski definition) is 1. The van der Waals surface area contributed by atoms with E-state index in [1.807, 2.05) is 11.3 Å². The summed E-state index contributed by atoms with van der Waals surface area (Å²) >= 11 is 1.89. The van der Waals surface area contributed by atoms with Gasteiger partial charge in [0.1, 0.15) is 0 Å². The highest BCUT2D eigenvalue weighted by Gasteiger charge is 2.18. The molecule has 45 heavy (non-hydrogen) atoms. The predicted molar refractivity (Wildman–Crippen MR) is 196 cm³/mol. The summed E-state index contributed by atoms with van der Waals surface area (Å²) in [7, 11) is 0. The van der Waals surface area contributed by atoms with E-state index < -0.39 is 0 Å². The molecule has 0 nitrogen and oxygen atoms in total. The lowest BCUT2D eigenvalue weighted by molar-refractivity contribution is 1.62. The van der Waals surface area contributed by atoms with Gasteiger partial charge in [-0.2, -0.15) is 0 Å². The first kappa shape index (κ1) is 25.9. The number of hydrogen-bond donors (Lipinski definition) is 0. The summed E-state index contributed by atoms with van der Waals surface area (Å²) in [6, 6.07) is 62.1. The first-order chi connectivity index (χ1) is 22.3. The normalized spacial score (nSPS) is 11.6. The van der Waals surface area contributed by atoms with Crippen LogP contribution in [0.2, 0.25) is 0 Å². The lowest BCUT2D eigenvalue weighted by Crippen LogP contribution is -1.91. The van der Waals surface area contributed by atoms with Crippen LogP contribution in [-0.2, 0) is 0 Å². The van der Waals surface area contributed by atoms with Crippen LogP contribution >= 0.6 is 11.3 Å². The molecule has 0 saturated heterocycles. The minimum Gasteiger partial charge on any atom is -0.135 e. The van der Waals surface area contributed by atoms with E-state index in [2.05, 4.69) is 170 Å². The zero-order valence-corrected chi connectivity index (χ0v) is 25.4. The van der Waals surface area contributed by atoms with E-state index in [1.165, 1.54) is 86.2 Å². The summed E-state index contributed by atoms with van der Waals surface area (Å²) in [6.45, 7) is 0. The van der Waals surface area contributed by atoms with Crippen molar-refractivity contribution in [2.75, 3.05) is 0 Å². The molecule has 0 aliphatic carbocycles. The molecule has 0 N–H and O–H groups in total. The molecule has 0 amide bonds. The van der Waals surface area contributed by atoms with Crippen LogP contribution < -0.4 is 0 Å². The maximum atomic E-state index is 2.41. The van der Waals surface area contributed by atoms with E-state index in [4.69, 9.17) is 0 Å². The van der Waals surface area contributed by atoms with Crippen LogP contribution in [0.25, 0.3) is 86.2 Å². The highest BCUT2D eigenvalue weighted by atomic mass is 32.1. The monoisotopic (exact) mass is 588 g/mol. The fourth-order valence-electron chi connectivity index (χ4n) is 7.03. The Balaban J connectivity index is 1.29. The van der Waals surface area contributed by atoms with E-state index in [9.17, 15) is 0 Å². The van der Waals surface area contributed by atoms with Crippen molar-refractivity contribution >= 4 is 53.1 Å². The molecule has 0 aliphatic heterocycles. The molecular formula is C44H28S. The second-order valence-electron chi connectivity index (χ2n) is 11.6. The fraction of sp³-hybridized carbons (Fsp3) is 0. The SMILES string of the molecule is c1ccc(-c2c3ccccc3c(-c3ccccc3)c3cc(-c4cccc(-c5cccc6c5sc5ccccc56)c4)ccc23)cc1. The van der Waals surface area contributed by atoms with E-state index in [0.717, 1.165) is 0 Å². The molecule has 0 aliphatic rings. The Kier molecular flexibility index (Phi) is 6.11. The Morgan fingerprint density at radius 3 is 1.53 bits per heavy atom. The number of fused-ring (bicyclic) bond motifs is 5. The summed E-state index contributed by atoms with van der Waals surface area (Å²) in [4.78, 5) is 0. The smallest absolute Gasteiger partial charge is 0.0433 e. The van der Waals surface area contributed by atoms with Crippen molar-refractivity contribution in [1.82, 2.24) is 0 Å². The molecule has 0 bridgehead atoms. The van der Waals surface area contributed by atoms with Crippen molar-refractivity contribution in [2.45, 2.75) is 0 Å². The van der Waals surface area contributed by atoms with Crippen LogP contribution in [0.5, 0.6) is 0 Å². The number of benzene rings is 8. The molecule has 0 atom stereocenters. The average Bonchev–Trinajstić information content (AvgIpc) is 3.50. The number of rotatable bonds is 4. The van der Waals surface area contributed by atoms with Crippen LogP contribution in [-0.4, -0.2) is 0 Å². The van der Waals surface area contributed by atoms with Gasteiger partial charge >= 0.3 is 0 Å². The maximum absolute atomic E-state index is 2.41. The standard InChI is InChI=1S/C44H28S/c1-3-13-29(14-4-1)42-36-20-7-8-21-37(36)43(30-15-5-2-6-16-30)40-28-32(25-26-38(40)42)31-17-11-18-33(27-31)34-22-12-23-39-35-19-9-10-24-41(35)45-44(34)39/h1-28H. The second kappa shape index (κ2) is 10.6. The van der Waals surface area contributed by atoms with Crippen molar-refractivity contribution in [1.29, 1.82) is 0 Å². The first-order valence-corrected chi connectivity index (χ1v) is 16.3. The van der Waals surface area contributed by atoms with Crippen LogP contribution in [0, 0.1) is 0 Å². The Morgan fingerprint density at radius 1 is 0.289 bits per heavy atom. The van der Waals surface area contributed by atoms with Gasteiger partial charge in [0, 0.05) is 20.2 Å². The van der Waals surface area contributed by atoms with Gasteiger partial charge in [-0.25, -0.2) is 0 Å². The highest BCUT2D eigenvalue weighted by molar-refractivity contribution is 7.26. The molecule has 0 radical (unpaired) electrons. The summed E-state index contributed by atoms with van der Waals surface area (Å²) in [5.41, 5.74) is 10.0. The van der Waals surface area contributed by atoms with Crippen LogP contribution in [0.15, 0.2) is 170 Å². The summed E-state index contributed by atoms with van der Waals surface area (Å²) in [6.07, 6.45) is 0. The molecule has 9 aromatic rings. The van der Waals surface area contributed by atoms with Gasteiger partial charge in [0.2, 0.25) is 0 Å². The highest BCUT2D eigenvalue weighted by Crippen LogP contribution is 2.45. The molecule has 1 heteroatoms. The molecule has 210 valence electrons. The Morgan fingerprint density at radius 2 is 0.800 bits per heavy atom. The molecule has 0 unspecified atom stereocenters. The lowest BCUT2D eigenvalue weighted by Gasteiger charge is -2.19. The van der Waals surface area contributed by atoms with Gasteiger partial charge in [-0.05, 0) is 84.3 Å². The fourth-order valence-corrected chi connectivity index (χ4v) is 8.27. The van der Waals surface area contributed by atoms with Crippen molar-refractivity contribution in [3.8, 4) is 44.5 Å². The molecule has 0 fully saturated rings. The first-order valence-electron chi connectivity index (χ1n) is 15.4. The van der Waals surface area contributed by atoms with Crippen molar-refractivity contribution < 1.29 is 0 Å². The Bertz CT molecular complexity index is 2520. The topological polar surface area (TPSA) is 0 Å². The third-order valence-electron chi connectivity index (χ3n) is 9.06. The van der Waals surface area contributed by atoms with Gasteiger partial charge in [0.25, 0.3) is 0 Å². The van der Waals surface area contributed by atoms with Gasteiger partial charge in [-0.1, -0.05) is 152 Å². The van der Waals surface area contributed by atoms with Crippen molar-refractivity contribution in [2.24, 2.45) is 0 Å². The van der Waals surface area contributed by atoms with Gasteiger partial charge in [0.05, 0.1) is 0 Å². The van der Waals surface area contributed by atoms with E-state index >= 15 is 0 Å². The zero-order chi connectivity index (χ0) is 29.7. The zero-order valence-electron chi connectivity index (χ0n) is 24.6. The molecule has 1 aromatic heterocycles. The van der Waals surface area contributed by atoms with Crippen LogP contribution in [0.3, 0.4) is 0 Å². The van der Waals surface area contributed by atoms with E-state index in [1.54, 1.807) is 0 Å². The lowest BCUT2D eigenvalue weighted by atomic mass is 9.85. The number of thiophene rings is 1. The largest absolute Gasteiger partial charge is 0.135 e. The molecule has 1 heterocycles. The minimum atomic E-state index is 1.22. The molecule has 8 aromatic carbocycles. The van der Waals surface area contributed by atoms with Crippen LogP contribution in [0.1, 0.15) is 0 Å². The third-order valence-corrected chi connectivity index (χ3v) is 10.3. The van der Waals surface area contributed by atoms with Crippen LogP contribution in [0.4, 0.5) is 0 Å². The van der Waals surface area contributed by atoms with Gasteiger partial charge in [0.15, 0.2) is 0 Å². The van der Waals surface area contributed by atoms with E-state index in [0.29, 0.717) is 0 Å². The van der Waals surface area contributed by atoms with Gasteiger partial charge in [-0.15, -0.1) is 11.3 Å². The predicted octanol–water partition coefficient (Wildman–Crippen LogP) is 13.0. The summed E-state index contributed by atoms with van der Waals surface area (Å²) < 4.78 is 2.68. The molecular weight excluding hydrogens is 561 g/mol. The summed E-state index contributed by atoms with van der Waals surface area (Å²) in [5, 5.41) is 7.76. The quantitative estimate of drug-likeness (QED) is 0.179. The van der Waals surface area contributed by atoms with Gasteiger partial charge < -0.3 is 0 Å². The van der Waals surface area contributed by atoms with Crippen molar-refractivity contribution in [3.63, 3.8) is 0 Å². The molecule has 0 spiro atoms. The molecule has 0 saturated carbocycles. The Hall–Kier alpha value is -5.50. The van der Waals surface area contributed by atoms with Crippen molar-refractivity contribution in [3.05, 3.63) is 170 Å². The van der Waals surface area contributed by atoms with Gasteiger partial charge in [-0.3, -0.25) is 0 Å². The Labute approximate surface area is 266 Å². The second-order valence-corrected chi connectivity index (χ2v) is 12.7. The average molecular weight is 589 g/mol. The summed E-state index contributed by atoms with van der Waals surface area (Å²) in [5.74, 6) is 0. The maximum Gasteiger partial charge on any atom is 0.0433 e. The minimum absolute atomic E-state index is 1.22. The molecule has 9 rings (SSSR count). The van der Waals surface area contributed by atoms with E-state index in [-0.39, 0.29) is 0 Å².